The first-order chi connectivity index (χ1) is 13.2. The van der Waals surface area contributed by atoms with E-state index in [1.165, 1.54) is 11.3 Å². The summed E-state index contributed by atoms with van der Waals surface area (Å²) in [6.45, 7) is 2.73. The van der Waals surface area contributed by atoms with Crippen molar-refractivity contribution in [2.75, 3.05) is 5.32 Å². The first-order valence-corrected chi connectivity index (χ1v) is 9.46. The van der Waals surface area contributed by atoms with Crippen molar-refractivity contribution in [3.05, 3.63) is 89.5 Å². The molecule has 1 N–H and O–H groups in total. The molecule has 0 aliphatic carbocycles. The minimum atomic E-state index is -0.202. The fourth-order valence-electron chi connectivity index (χ4n) is 2.75. The van der Waals surface area contributed by atoms with Gasteiger partial charge in [0, 0.05) is 35.6 Å². The topological polar surface area (TPSA) is 59.8 Å². The number of hydrogen-bond donors (Lipinski definition) is 1. The Kier molecular flexibility index (Phi) is 4.80. The Morgan fingerprint density at radius 1 is 1.11 bits per heavy atom. The number of carbonyl (C=O) groups is 1. The van der Waals surface area contributed by atoms with Gasteiger partial charge in [-0.3, -0.25) is 4.79 Å². The Labute approximate surface area is 161 Å². The third-order valence-electron chi connectivity index (χ3n) is 4.25. The molecule has 0 atom stereocenters. The maximum Gasteiger partial charge on any atom is 0.275 e. The van der Waals surface area contributed by atoms with Crippen LogP contribution in [0.4, 0.5) is 5.69 Å². The normalized spacial score (nSPS) is 10.7. The number of anilines is 1. The van der Waals surface area contributed by atoms with Gasteiger partial charge >= 0.3 is 0 Å². The van der Waals surface area contributed by atoms with Gasteiger partial charge in [0.2, 0.25) is 0 Å². The number of thiazole rings is 1. The van der Waals surface area contributed by atoms with E-state index in [0.29, 0.717) is 5.69 Å². The lowest BCUT2D eigenvalue weighted by molar-refractivity contribution is 0.102. The Hall–Kier alpha value is -3.25. The van der Waals surface area contributed by atoms with Crippen LogP contribution in [-0.2, 0) is 6.54 Å². The molecule has 4 rings (SSSR count). The lowest BCUT2D eigenvalue weighted by Gasteiger charge is -2.07. The molecule has 2 aromatic carbocycles. The van der Waals surface area contributed by atoms with E-state index in [9.17, 15) is 4.79 Å². The number of benzene rings is 2. The van der Waals surface area contributed by atoms with Crippen molar-refractivity contribution in [2.24, 2.45) is 0 Å². The van der Waals surface area contributed by atoms with Gasteiger partial charge in [-0.25, -0.2) is 9.97 Å². The standard InChI is InChI=1S/C21H18N4OS/c1-15-22-11-12-25(15)13-16-7-9-18(10-8-16)23-20(26)19-14-27-21(24-19)17-5-3-2-4-6-17/h2-12,14H,13H2,1H3,(H,23,26). The molecule has 1 amide bonds. The minimum absolute atomic E-state index is 0.202. The fourth-order valence-corrected chi connectivity index (χ4v) is 3.55. The predicted molar refractivity (Wildman–Crippen MR) is 108 cm³/mol. The quantitative estimate of drug-likeness (QED) is 0.555. The van der Waals surface area contributed by atoms with Crippen LogP contribution in [0.25, 0.3) is 10.6 Å². The Bertz CT molecular complexity index is 1050. The van der Waals surface area contributed by atoms with Gasteiger partial charge in [-0.1, -0.05) is 42.5 Å². The van der Waals surface area contributed by atoms with Crippen LogP contribution in [0.2, 0.25) is 0 Å². The number of carbonyl (C=O) groups excluding carboxylic acids is 1. The van der Waals surface area contributed by atoms with Gasteiger partial charge in [0.25, 0.3) is 5.91 Å². The molecule has 0 bridgehead atoms. The van der Waals surface area contributed by atoms with E-state index in [2.05, 4.69) is 19.9 Å². The lowest BCUT2D eigenvalue weighted by Crippen LogP contribution is -2.12. The number of aromatic nitrogens is 3. The van der Waals surface area contributed by atoms with Crippen molar-refractivity contribution in [2.45, 2.75) is 13.5 Å². The Balaban J connectivity index is 1.42. The van der Waals surface area contributed by atoms with Crippen LogP contribution in [0.5, 0.6) is 0 Å². The van der Waals surface area contributed by atoms with E-state index >= 15 is 0 Å². The molecule has 0 spiro atoms. The van der Waals surface area contributed by atoms with Gasteiger partial charge in [-0.2, -0.15) is 0 Å². The van der Waals surface area contributed by atoms with Crippen LogP contribution < -0.4 is 5.32 Å². The SMILES string of the molecule is Cc1nccn1Cc1ccc(NC(=O)c2csc(-c3ccccc3)n2)cc1. The monoisotopic (exact) mass is 374 g/mol. The zero-order valence-corrected chi connectivity index (χ0v) is 15.6. The van der Waals surface area contributed by atoms with Gasteiger partial charge in [-0.05, 0) is 24.6 Å². The third-order valence-corrected chi connectivity index (χ3v) is 5.14. The fraction of sp³-hybridized carbons (Fsp3) is 0.0952. The van der Waals surface area contributed by atoms with Crippen molar-refractivity contribution in [3.8, 4) is 10.6 Å². The van der Waals surface area contributed by atoms with E-state index in [4.69, 9.17) is 0 Å². The smallest absolute Gasteiger partial charge is 0.275 e. The van der Waals surface area contributed by atoms with E-state index in [1.807, 2.05) is 67.7 Å². The molecule has 0 aliphatic heterocycles. The first-order valence-electron chi connectivity index (χ1n) is 8.58. The minimum Gasteiger partial charge on any atom is -0.331 e. The van der Waals surface area contributed by atoms with Crippen molar-refractivity contribution in [1.29, 1.82) is 0 Å². The molecule has 134 valence electrons. The largest absolute Gasteiger partial charge is 0.331 e. The number of rotatable bonds is 5. The van der Waals surface area contributed by atoms with Crippen LogP contribution in [0.15, 0.2) is 72.4 Å². The molecule has 0 unspecified atom stereocenters. The van der Waals surface area contributed by atoms with Gasteiger partial charge in [-0.15, -0.1) is 11.3 Å². The average molecular weight is 374 g/mol. The second kappa shape index (κ2) is 7.55. The van der Waals surface area contributed by atoms with Crippen molar-refractivity contribution >= 4 is 22.9 Å². The first kappa shape index (κ1) is 17.2. The molecule has 0 fully saturated rings. The molecule has 0 radical (unpaired) electrons. The van der Waals surface area contributed by atoms with Crippen molar-refractivity contribution < 1.29 is 4.79 Å². The second-order valence-corrected chi connectivity index (χ2v) is 7.02. The number of nitrogens with zero attached hydrogens (tertiary/aromatic N) is 3. The molecule has 2 aromatic heterocycles. The molecular formula is C21H18N4OS. The summed E-state index contributed by atoms with van der Waals surface area (Å²) in [5.41, 5.74) is 3.34. The van der Waals surface area contributed by atoms with Crippen LogP contribution in [0.1, 0.15) is 21.9 Å². The van der Waals surface area contributed by atoms with Gasteiger partial charge in [0.05, 0.1) is 0 Å². The summed E-state index contributed by atoms with van der Waals surface area (Å²) in [7, 11) is 0. The van der Waals surface area contributed by atoms with Crippen LogP contribution in [-0.4, -0.2) is 20.4 Å². The molecule has 0 aliphatic rings. The number of imidazole rings is 1. The highest BCUT2D eigenvalue weighted by Crippen LogP contribution is 2.23. The molecule has 2 heterocycles. The van der Waals surface area contributed by atoms with Crippen LogP contribution >= 0.6 is 11.3 Å². The summed E-state index contributed by atoms with van der Waals surface area (Å²) in [6, 6.07) is 17.7. The molecule has 0 saturated heterocycles. The molecule has 6 heteroatoms. The highest BCUT2D eigenvalue weighted by Gasteiger charge is 2.12. The van der Waals surface area contributed by atoms with Crippen LogP contribution in [0.3, 0.4) is 0 Å². The van der Waals surface area contributed by atoms with Crippen molar-refractivity contribution in [3.63, 3.8) is 0 Å². The summed E-state index contributed by atoms with van der Waals surface area (Å²) < 4.78 is 2.08. The van der Waals surface area contributed by atoms with E-state index in [1.54, 1.807) is 11.6 Å². The van der Waals surface area contributed by atoms with Gasteiger partial charge < -0.3 is 9.88 Å². The number of nitrogens with one attached hydrogen (secondary N) is 1. The highest BCUT2D eigenvalue weighted by atomic mass is 32.1. The van der Waals surface area contributed by atoms with Gasteiger partial charge in [0.1, 0.15) is 16.5 Å². The molecule has 0 saturated carbocycles. The molecule has 4 aromatic rings. The maximum absolute atomic E-state index is 12.5. The van der Waals surface area contributed by atoms with E-state index < -0.39 is 0 Å². The van der Waals surface area contributed by atoms with E-state index in [-0.39, 0.29) is 5.91 Å². The second-order valence-electron chi connectivity index (χ2n) is 6.16. The predicted octanol–water partition coefficient (Wildman–Crippen LogP) is 4.62. The van der Waals surface area contributed by atoms with E-state index in [0.717, 1.165) is 34.2 Å². The summed E-state index contributed by atoms with van der Waals surface area (Å²) in [5.74, 6) is 0.775. The van der Waals surface area contributed by atoms with Crippen LogP contribution in [0, 0.1) is 6.92 Å². The zero-order valence-electron chi connectivity index (χ0n) is 14.8. The summed E-state index contributed by atoms with van der Waals surface area (Å²) in [5, 5.41) is 5.53. The average Bonchev–Trinajstić information content (AvgIpc) is 3.34. The highest BCUT2D eigenvalue weighted by molar-refractivity contribution is 7.13. The molecule has 5 nitrogen and oxygen atoms in total. The summed E-state index contributed by atoms with van der Waals surface area (Å²) in [6.07, 6.45) is 3.75. The Morgan fingerprint density at radius 2 is 1.89 bits per heavy atom. The van der Waals surface area contributed by atoms with Gasteiger partial charge in [0.15, 0.2) is 0 Å². The molecular weight excluding hydrogens is 356 g/mol. The zero-order chi connectivity index (χ0) is 18.6. The number of hydrogen-bond acceptors (Lipinski definition) is 4. The third kappa shape index (κ3) is 3.96. The number of aryl methyl sites for hydroxylation is 1. The molecule has 27 heavy (non-hydrogen) atoms. The maximum atomic E-state index is 12.5. The lowest BCUT2D eigenvalue weighted by atomic mass is 10.2. The summed E-state index contributed by atoms with van der Waals surface area (Å²) >= 11 is 1.47. The van der Waals surface area contributed by atoms with Crippen molar-refractivity contribution in [1.82, 2.24) is 14.5 Å². The number of amides is 1. The summed E-state index contributed by atoms with van der Waals surface area (Å²) in [4.78, 5) is 21.1. The Morgan fingerprint density at radius 3 is 2.59 bits per heavy atom.